The van der Waals surface area contributed by atoms with Gasteiger partial charge in [0.25, 0.3) is 0 Å². The van der Waals surface area contributed by atoms with E-state index in [1.54, 1.807) is 0 Å². The first kappa shape index (κ1) is 38.2. The summed E-state index contributed by atoms with van der Waals surface area (Å²) in [5.74, 6) is 2.96. The number of nitrogen functional groups attached to an aromatic ring is 1. The van der Waals surface area contributed by atoms with Crippen LogP contribution in [0.25, 0.3) is 66.6 Å². The molecule has 60 heavy (non-hydrogen) atoms. The van der Waals surface area contributed by atoms with E-state index in [0.29, 0.717) is 47.1 Å². The molecule has 1 aliphatic carbocycles. The topological polar surface area (TPSA) is 176 Å². The molecule has 6 aromatic heterocycles. The van der Waals surface area contributed by atoms with Crippen molar-refractivity contribution in [3.05, 3.63) is 83.4 Å². The molecule has 0 unspecified atom stereocenters. The number of imidazole rings is 2. The van der Waals surface area contributed by atoms with Crippen molar-refractivity contribution in [3.8, 4) is 22.5 Å². The number of fused-ring (bicyclic) bond motifs is 4. The average molecular weight is 803 g/mol. The van der Waals surface area contributed by atoms with Gasteiger partial charge in [-0.15, -0.1) is 0 Å². The first-order valence-electron chi connectivity index (χ1n) is 21.2. The van der Waals surface area contributed by atoms with E-state index in [0.717, 1.165) is 81.7 Å². The number of hydrogen-bond donors (Lipinski definition) is 6. The molecule has 2 aliphatic rings. The summed E-state index contributed by atoms with van der Waals surface area (Å²) in [6.07, 6.45) is 4.30. The summed E-state index contributed by atoms with van der Waals surface area (Å²) < 4.78 is 0. The molecule has 0 atom stereocenters. The molecule has 8 aromatic rings. The molecule has 0 spiro atoms. The second kappa shape index (κ2) is 14.3. The van der Waals surface area contributed by atoms with Crippen LogP contribution < -0.4 is 11.1 Å². The Hall–Kier alpha value is -6.05. The number of hydrogen-bond acceptors (Lipinski definition) is 9. The maximum atomic E-state index is 13.1. The van der Waals surface area contributed by atoms with E-state index in [1.165, 1.54) is 42.4 Å². The third-order valence-electron chi connectivity index (χ3n) is 12.9. The van der Waals surface area contributed by atoms with Gasteiger partial charge in [0.05, 0.1) is 17.6 Å². The van der Waals surface area contributed by atoms with E-state index in [2.05, 4.69) is 129 Å². The first-order chi connectivity index (χ1) is 28.7. The number of anilines is 2. The Bertz CT molecular complexity index is 2920. The highest BCUT2D eigenvalue weighted by Gasteiger charge is 2.47. The quantitative estimate of drug-likeness (QED) is 0.0789. The van der Waals surface area contributed by atoms with Crippen molar-refractivity contribution in [2.75, 3.05) is 31.2 Å². The lowest BCUT2D eigenvalue weighted by Crippen LogP contribution is -2.50. The summed E-state index contributed by atoms with van der Waals surface area (Å²) in [7, 11) is 2.18. The Morgan fingerprint density at radius 3 is 2.08 bits per heavy atom. The van der Waals surface area contributed by atoms with Crippen molar-refractivity contribution in [1.29, 1.82) is 0 Å². The zero-order valence-corrected chi connectivity index (χ0v) is 35.4. The largest absolute Gasteiger partial charge is 0.384 e. The van der Waals surface area contributed by atoms with E-state index in [4.69, 9.17) is 20.7 Å². The third-order valence-corrected chi connectivity index (χ3v) is 12.9. The standard InChI is InChI=1S/C47H54N12O/c1-26-50-41-33(37-18-30-16-28(10-12-35(30)53-37)25-59-13-7-8-14-59)20-39(56-43(41)51-26)49-23-40-55-42-32(19-38(48)54-44(42)57-40)36-17-29-15-27(9-11-34(29)52-36)24-58(6)31-21-46(2,3)45(60)47(4,5)22-31/h9-12,15-20,31,52-53H,7-8,13-14,21-25H2,1-6H3,(H3,48,54,55,57)(H2,49,50,51,56). The van der Waals surface area contributed by atoms with Crippen LogP contribution in [0.2, 0.25) is 0 Å². The Morgan fingerprint density at radius 1 is 0.767 bits per heavy atom. The molecule has 0 bridgehead atoms. The number of aromatic nitrogens is 8. The molecule has 0 radical (unpaired) electrons. The molecule has 13 nitrogen and oxygen atoms in total. The fourth-order valence-corrected chi connectivity index (χ4v) is 10.1. The first-order valence-corrected chi connectivity index (χ1v) is 21.2. The van der Waals surface area contributed by atoms with Crippen LogP contribution in [-0.2, 0) is 24.4 Å². The number of Topliss-reactive ketones (excluding diaryl/α,β-unsaturated/α-hetero) is 1. The minimum atomic E-state index is -0.329. The highest BCUT2D eigenvalue weighted by molar-refractivity contribution is 5.97. The molecule has 308 valence electrons. The third kappa shape index (κ3) is 7.09. The van der Waals surface area contributed by atoms with Gasteiger partial charge in [-0.3, -0.25) is 14.6 Å². The number of nitrogens with two attached hydrogens (primary N) is 1. The minimum Gasteiger partial charge on any atom is -0.384 e. The molecule has 1 saturated carbocycles. The maximum absolute atomic E-state index is 13.1. The van der Waals surface area contributed by atoms with Crippen molar-refractivity contribution in [1.82, 2.24) is 49.7 Å². The van der Waals surface area contributed by atoms with E-state index in [9.17, 15) is 4.79 Å². The lowest BCUT2D eigenvalue weighted by molar-refractivity contribution is -0.142. The molecule has 13 heteroatoms. The van der Waals surface area contributed by atoms with Gasteiger partial charge in [-0.25, -0.2) is 19.9 Å². The number of carbonyl (C=O) groups excluding carboxylic acids is 1. The Labute approximate surface area is 349 Å². The normalized spacial score (nSPS) is 17.4. The molecular weight excluding hydrogens is 749 g/mol. The van der Waals surface area contributed by atoms with E-state index in [-0.39, 0.29) is 10.8 Å². The lowest BCUT2D eigenvalue weighted by Gasteiger charge is -2.46. The van der Waals surface area contributed by atoms with Gasteiger partial charge in [-0.2, -0.15) is 0 Å². The lowest BCUT2D eigenvalue weighted by atomic mass is 9.62. The van der Waals surface area contributed by atoms with Gasteiger partial charge in [0.2, 0.25) is 0 Å². The molecule has 0 amide bonds. The SMILES string of the molecule is Cc1nc2nc(NCc3nc4nc(N)cc(-c5cc6cc(CN(C)C7CC(C)(C)C(=O)C(C)(C)C7)ccc6[nH]5)c4[nH]3)cc(-c3cc4cc(CN5CCCC5)ccc4[nH]3)c2[nH]1. The number of nitrogens with one attached hydrogen (secondary N) is 5. The maximum Gasteiger partial charge on any atom is 0.180 e. The second-order valence-electron chi connectivity index (χ2n) is 18.7. The van der Waals surface area contributed by atoms with Crippen molar-refractivity contribution >= 4 is 61.6 Å². The number of aromatic amines is 4. The summed E-state index contributed by atoms with van der Waals surface area (Å²) in [6.45, 7) is 14.9. The summed E-state index contributed by atoms with van der Waals surface area (Å²) in [5.41, 5.74) is 17.1. The summed E-state index contributed by atoms with van der Waals surface area (Å²) in [4.78, 5) is 51.3. The zero-order chi connectivity index (χ0) is 41.5. The average Bonchev–Trinajstić information content (AvgIpc) is 4.05. The number of ketones is 1. The molecule has 7 heterocycles. The van der Waals surface area contributed by atoms with Crippen LogP contribution in [0.5, 0.6) is 0 Å². The van der Waals surface area contributed by atoms with Gasteiger partial charge in [-0.05, 0) is 112 Å². The second-order valence-corrected chi connectivity index (χ2v) is 18.7. The predicted octanol–water partition coefficient (Wildman–Crippen LogP) is 8.84. The molecule has 1 saturated heterocycles. The number of aryl methyl sites for hydroxylation is 1. The molecule has 10 rings (SSSR count). The smallest absolute Gasteiger partial charge is 0.180 e. The van der Waals surface area contributed by atoms with Crippen LogP contribution in [-0.4, -0.2) is 81.6 Å². The highest BCUT2D eigenvalue weighted by Crippen LogP contribution is 2.44. The van der Waals surface area contributed by atoms with Crippen LogP contribution in [0.1, 0.15) is 76.2 Å². The highest BCUT2D eigenvalue weighted by atomic mass is 16.1. The minimum absolute atomic E-state index is 0.329. The number of pyridine rings is 2. The van der Waals surface area contributed by atoms with Crippen LogP contribution >= 0.6 is 0 Å². The van der Waals surface area contributed by atoms with E-state index >= 15 is 0 Å². The van der Waals surface area contributed by atoms with Crippen molar-refractivity contribution in [2.24, 2.45) is 10.8 Å². The Morgan fingerprint density at radius 2 is 1.38 bits per heavy atom. The van der Waals surface area contributed by atoms with E-state index in [1.807, 2.05) is 13.0 Å². The monoisotopic (exact) mass is 802 g/mol. The summed E-state index contributed by atoms with van der Waals surface area (Å²) in [6, 6.07) is 22.0. The summed E-state index contributed by atoms with van der Waals surface area (Å²) in [5, 5.41) is 5.81. The summed E-state index contributed by atoms with van der Waals surface area (Å²) >= 11 is 0. The van der Waals surface area contributed by atoms with Crippen LogP contribution in [0, 0.1) is 17.8 Å². The van der Waals surface area contributed by atoms with Crippen LogP contribution in [0.15, 0.2) is 60.7 Å². The predicted molar refractivity (Wildman–Crippen MR) is 240 cm³/mol. The molecule has 7 N–H and O–H groups in total. The van der Waals surface area contributed by atoms with Crippen molar-refractivity contribution in [2.45, 2.75) is 86.0 Å². The van der Waals surface area contributed by atoms with Crippen LogP contribution in [0.3, 0.4) is 0 Å². The number of nitrogens with zero attached hydrogens (tertiary/aromatic N) is 6. The number of H-pyrrole nitrogens is 4. The number of benzene rings is 2. The fraction of sp³-hybridized carbons (Fsp3) is 0.383. The van der Waals surface area contributed by atoms with Crippen LogP contribution in [0.4, 0.5) is 11.6 Å². The van der Waals surface area contributed by atoms with Gasteiger partial charge in [0.15, 0.2) is 11.3 Å². The van der Waals surface area contributed by atoms with Gasteiger partial charge in [0.1, 0.15) is 29.1 Å². The van der Waals surface area contributed by atoms with Crippen molar-refractivity contribution < 1.29 is 4.79 Å². The number of likely N-dealkylation sites (tertiary alicyclic amines) is 1. The Balaban J connectivity index is 0.891. The number of carbonyl (C=O) groups is 1. The molecular formula is C47H54N12O. The van der Waals surface area contributed by atoms with Gasteiger partial charge >= 0.3 is 0 Å². The molecule has 2 aromatic carbocycles. The van der Waals surface area contributed by atoms with Gasteiger partial charge < -0.3 is 31.0 Å². The van der Waals surface area contributed by atoms with Gasteiger partial charge in [0, 0.05) is 74.3 Å². The Kier molecular flexibility index (Phi) is 9.10. The molecule has 2 fully saturated rings. The van der Waals surface area contributed by atoms with Gasteiger partial charge in [-0.1, -0.05) is 39.8 Å². The zero-order valence-electron chi connectivity index (χ0n) is 35.4. The number of rotatable bonds is 10. The fourth-order valence-electron chi connectivity index (χ4n) is 10.1. The molecule has 1 aliphatic heterocycles. The van der Waals surface area contributed by atoms with Crippen molar-refractivity contribution in [3.63, 3.8) is 0 Å². The van der Waals surface area contributed by atoms with E-state index < -0.39 is 0 Å².